The molecule has 0 spiro atoms. The molecule has 0 aromatic carbocycles. The summed E-state index contributed by atoms with van der Waals surface area (Å²) in [5.41, 5.74) is 1.34. The Bertz CT molecular complexity index is 670. The first-order valence-electron chi connectivity index (χ1n) is 8.81. The van der Waals surface area contributed by atoms with E-state index in [1.54, 1.807) is 21.8 Å². The standard InChI is InChI=1S/C17H26N6O/c1-13(15-10-18-22(2)11-15)19-17(24)16-12-23(21-20-16)9-8-14-6-4-3-5-7-14/h10-14H,3-9H2,1-2H3,(H,19,24)/t13-/m1/s1. The molecule has 0 radical (unpaired) electrons. The van der Waals surface area contributed by atoms with E-state index in [0.29, 0.717) is 5.69 Å². The number of hydrogen-bond donors (Lipinski definition) is 1. The number of hydrogen-bond acceptors (Lipinski definition) is 4. The second kappa shape index (κ2) is 7.59. The van der Waals surface area contributed by atoms with Gasteiger partial charge >= 0.3 is 0 Å². The van der Waals surface area contributed by atoms with Crippen molar-refractivity contribution >= 4 is 5.91 Å². The third kappa shape index (κ3) is 4.21. The fourth-order valence-corrected chi connectivity index (χ4v) is 3.32. The van der Waals surface area contributed by atoms with Gasteiger partial charge in [0.1, 0.15) is 0 Å². The highest BCUT2D eigenvalue weighted by molar-refractivity contribution is 5.92. The summed E-state index contributed by atoms with van der Waals surface area (Å²) >= 11 is 0. The van der Waals surface area contributed by atoms with E-state index in [9.17, 15) is 4.79 Å². The average Bonchev–Trinajstić information content (AvgIpc) is 3.23. The van der Waals surface area contributed by atoms with Crippen LogP contribution >= 0.6 is 0 Å². The van der Waals surface area contributed by atoms with E-state index in [1.165, 1.54) is 32.1 Å². The monoisotopic (exact) mass is 330 g/mol. The third-order valence-electron chi connectivity index (χ3n) is 4.83. The van der Waals surface area contributed by atoms with Crippen LogP contribution in [0, 0.1) is 5.92 Å². The second-order valence-corrected chi connectivity index (χ2v) is 6.80. The van der Waals surface area contributed by atoms with Gasteiger partial charge in [-0.3, -0.25) is 14.2 Å². The van der Waals surface area contributed by atoms with Crippen molar-refractivity contribution in [2.24, 2.45) is 13.0 Å². The summed E-state index contributed by atoms with van der Waals surface area (Å²) in [6, 6.07) is -0.112. The molecule has 1 amide bonds. The fraction of sp³-hybridized carbons (Fsp3) is 0.647. The van der Waals surface area contributed by atoms with Crippen molar-refractivity contribution in [2.45, 2.75) is 58.0 Å². The normalized spacial score (nSPS) is 16.9. The second-order valence-electron chi connectivity index (χ2n) is 6.80. The minimum absolute atomic E-state index is 0.112. The number of carbonyl (C=O) groups excluding carboxylic acids is 1. The van der Waals surface area contributed by atoms with E-state index in [1.807, 2.05) is 20.2 Å². The minimum atomic E-state index is -0.199. The molecule has 1 N–H and O–H groups in total. The Balaban J connectivity index is 1.51. The molecule has 130 valence electrons. The lowest BCUT2D eigenvalue weighted by atomic mass is 9.87. The van der Waals surface area contributed by atoms with Gasteiger partial charge in [-0.25, -0.2) is 0 Å². The number of aromatic nitrogens is 5. The van der Waals surface area contributed by atoms with Crippen molar-refractivity contribution in [3.05, 3.63) is 29.8 Å². The Morgan fingerprint density at radius 2 is 2.12 bits per heavy atom. The maximum absolute atomic E-state index is 12.3. The summed E-state index contributed by atoms with van der Waals surface area (Å²) in [4.78, 5) is 12.3. The zero-order valence-corrected chi connectivity index (χ0v) is 14.5. The van der Waals surface area contributed by atoms with Gasteiger partial charge in [-0.05, 0) is 19.3 Å². The zero-order valence-electron chi connectivity index (χ0n) is 14.5. The van der Waals surface area contributed by atoms with Gasteiger partial charge < -0.3 is 5.32 Å². The van der Waals surface area contributed by atoms with Crippen molar-refractivity contribution in [1.29, 1.82) is 0 Å². The maximum Gasteiger partial charge on any atom is 0.273 e. The third-order valence-corrected chi connectivity index (χ3v) is 4.83. The summed E-state index contributed by atoms with van der Waals surface area (Å²) < 4.78 is 3.51. The van der Waals surface area contributed by atoms with E-state index < -0.39 is 0 Å². The Labute approximate surface area is 142 Å². The maximum atomic E-state index is 12.3. The van der Waals surface area contributed by atoms with E-state index in [4.69, 9.17) is 0 Å². The van der Waals surface area contributed by atoms with Gasteiger partial charge in [-0.1, -0.05) is 37.3 Å². The topological polar surface area (TPSA) is 77.6 Å². The van der Waals surface area contributed by atoms with Crippen LogP contribution in [0.5, 0.6) is 0 Å². The van der Waals surface area contributed by atoms with Gasteiger partial charge in [0.05, 0.1) is 18.4 Å². The molecule has 1 atom stereocenters. The molecule has 1 fully saturated rings. The Hall–Kier alpha value is -2.18. The molecular weight excluding hydrogens is 304 g/mol. The van der Waals surface area contributed by atoms with Crippen molar-refractivity contribution < 1.29 is 4.79 Å². The summed E-state index contributed by atoms with van der Waals surface area (Å²) in [5, 5.41) is 15.2. The van der Waals surface area contributed by atoms with Crippen LogP contribution < -0.4 is 5.32 Å². The Morgan fingerprint density at radius 1 is 1.33 bits per heavy atom. The molecular formula is C17H26N6O. The van der Waals surface area contributed by atoms with E-state index in [2.05, 4.69) is 20.7 Å². The summed E-state index contributed by atoms with van der Waals surface area (Å²) in [6.07, 6.45) is 13.2. The van der Waals surface area contributed by atoms with E-state index >= 15 is 0 Å². The lowest BCUT2D eigenvalue weighted by Gasteiger charge is -2.20. The van der Waals surface area contributed by atoms with Gasteiger partial charge in [-0.15, -0.1) is 5.10 Å². The number of amides is 1. The molecule has 1 saturated carbocycles. The van der Waals surface area contributed by atoms with Gasteiger partial charge in [0.2, 0.25) is 0 Å². The summed E-state index contributed by atoms with van der Waals surface area (Å²) in [5.74, 6) is 0.598. The molecule has 0 aliphatic heterocycles. The Kier molecular flexibility index (Phi) is 5.27. The van der Waals surface area contributed by atoms with Crippen molar-refractivity contribution in [1.82, 2.24) is 30.1 Å². The highest BCUT2D eigenvalue weighted by Gasteiger charge is 2.17. The molecule has 1 aliphatic rings. The van der Waals surface area contributed by atoms with E-state index in [-0.39, 0.29) is 11.9 Å². The van der Waals surface area contributed by atoms with Crippen LogP contribution in [-0.2, 0) is 13.6 Å². The molecule has 0 saturated heterocycles. The molecule has 1 aliphatic carbocycles. The van der Waals surface area contributed by atoms with Crippen LogP contribution in [0.3, 0.4) is 0 Å². The molecule has 2 aromatic heterocycles. The average molecular weight is 330 g/mol. The van der Waals surface area contributed by atoms with Gasteiger partial charge in [0, 0.05) is 25.4 Å². The van der Waals surface area contributed by atoms with Gasteiger partial charge in [0.15, 0.2) is 5.69 Å². The minimum Gasteiger partial charge on any atom is -0.344 e. The molecule has 7 heteroatoms. The fourth-order valence-electron chi connectivity index (χ4n) is 3.32. The largest absolute Gasteiger partial charge is 0.344 e. The predicted molar refractivity (Wildman–Crippen MR) is 90.3 cm³/mol. The quantitative estimate of drug-likeness (QED) is 0.882. The lowest BCUT2D eigenvalue weighted by molar-refractivity contribution is 0.0934. The van der Waals surface area contributed by atoms with Gasteiger partial charge in [-0.2, -0.15) is 5.10 Å². The predicted octanol–water partition coefficient (Wildman–Crippen LogP) is 2.47. The number of nitrogens with zero attached hydrogens (tertiary/aromatic N) is 5. The van der Waals surface area contributed by atoms with Crippen LogP contribution in [0.25, 0.3) is 0 Å². The number of aryl methyl sites for hydroxylation is 2. The molecule has 0 unspecified atom stereocenters. The summed E-state index contributed by atoms with van der Waals surface area (Å²) in [6.45, 7) is 2.77. The Morgan fingerprint density at radius 3 is 2.83 bits per heavy atom. The van der Waals surface area contributed by atoms with E-state index in [0.717, 1.165) is 24.4 Å². The molecule has 24 heavy (non-hydrogen) atoms. The highest BCUT2D eigenvalue weighted by Crippen LogP contribution is 2.26. The van der Waals surface area contributed by atoms with Crippen LogP contribution in [-0.4, -0.2) is 30.7 Å². The zero-order chi connectivity index (χ0) is 16.9. The van der Waals surface area contributed by atoms with Crippen LogP contribution in [0.15, 0.2) is 18.6 Å². The number of nitrogens with one attached hydrogen (secondary N) is 1. The molecule has 0 bridgehead atoms. The number of rotatable bonds is 6. The summed E-state index contributed by atoms with van der Waals surface area (Å²) in [7, 11) is 1.86. The molecule has 2 aromatic rings. The molecule has 2 heterocycles. The SMILES string of the molecule is C[C@@H](NC(=O)c1cn(CCC2CCCCC2)nn1)c1cnn(C)c1. The highest BCUT2D eigenvalue weighted by atomic mass is 16.2. The van der Waals surface area contributed by atoms with Crippen LogP contribution in [0.2, 0.25) is 0 Å². The lowest BCUT2D eigenvalue weighted by Crippen LogP contribution is -2.26. The van der Waals surface area contributed by atoms with Crippen LogP contribution in [0.4, 0.5) is 0 Å². The number of carbonyl (C=O) groups is 1. The first-order chi connectivity index (χ1) is 11.6. The van der Waals surface area contributed by atoms with Crippen molar-refractivity contribution in [3.8, 4) is 0 Å². The molecule has 7 nitrogen and oxygen atoms in total. The van der Waals surface area contributed by atoms with Crippen molar-refractivity contribution in [2.75, 3.05) is 0 Å². The van der Waals surface area contributed by atoms with Crippen molar-refractivity contribution in [3.63, 3.8) is 0 Å². The smallest absolute Gasteiger partial charge is 0.273 e. The van der Waals surface area contributed by atoms with Crippen LogP contribution in [0.1, 0.15) is 67.5 Å². The molecule has 3 rings (SSSR count). The van der Waals surface area contributed by atoms with Gasteiger partial charge in [0.25, 0.3) is 5.91 Å². The first kappa shape index (κ1) is 16.7. The first-order valence-corrected chi connectivity index (χ1v) is 8.81.